The first-order valence-corrected chi connectivity index (χ1v) is 10.6. The van der Waals surface area contributed by atoms with Crippen LogP contribution in [0.25, 0.3) is 11.0 Å². The lowest BCUT2D eigenvalue weighted by atomic mass is 10.0. The first-order valence-electron chi connectivity index (χ1n) is 10.6. The van der Waals surface area contributed by atoms with Crippen molar-refractivity contribution in [1.82, 2.24) is 15.0 Å². The minimum absolute atomic E-state index is 0.00972. The summed E-state index contributed by atoms with van der Waals surface area (Å²) in [6, 6.07) is 5.00. The van der Waals surface area contributed by atoms with Gasteiger partial charge in [-0.15, -0.1) is 0 Å². The van der Waals surface area contributed by atoms with Crippen LogP contribution in [0.2, 0.25) is 0 Å². The number of nitrogens with one attached hydrogen (secondary N) is 1. The van der Waals surface area contributed by atoms with Crippen molar-refractivity contribution in [2.24, 2.45) is 0 Å². The number of fused-ring (bicyclic) bond motifs is 5. The van der Waals surface area contributed by atoms with Gasteiger partial charge in [0.1, 0.15) is 31.4 Å². The number of alkyl halides is 3. The Morgan fingerprint density at radius 2 is 1.97 bits per heavy atom. The van der Waals surface area contributed by atoms with Crippen LogP contribution >= 0.6 is 0 Å². The smallest absolute Gasteiger partial charge is 0.419 e. The SMILES string of the molecule is C[C@H]1Nc2nc(nc3ncc(N4CCOCC4=O)cc23)OCCOc2c1cccc2C(F)(F)F. The monoisotopic (exact) mass is 475 g/mol. The molecule has 34 heavy (non-hydrogen) atoms. The summed E-state index contributed by atoms with van der Waals surface area (Å²) in [5.41, 5.74) is 0.308. The molecule has 2 aliphatic rings. The van der Waals surface area contributed by atoms with Crippen LogP contribution in [-0.2, 0) is 15.7 Å². The summed E-state index contributed by atoms with van der Waals surface area (Å²) in [4.78, 5) is 26.9. The molecule has 0 saturated carbocycles. The molecule has 2 aromatic heterocycles. The zero-order chi connectivity index (χ0) is 23.9. The Balaban J connectivity index is 1.60. The van der Waals surface area contributed by atoms with Gasteiger partial charge in [-0.25, -0.2) is 4.98 Å². The van der Waals surface area contributed by atoms with Gasteiger partial charge in [0, 0.05) is 12.1 Å². The van der Waals surface area contributed by atoms with Gasteiger partial charge in [0.2, 0.25) is 0 Å². The number of pyridine rings is 1. The Morgan fingerprint density at radius 1 is 1.15 bits per heavy atom. The van der Waals surface area contributed by atoms with E-state index in [1.165, 1.54) is 12.3 Å². The van der Waals surface area contributed by atoms with Crippen LogP contribution in [-0.4, -0.2) is 53.8 Å². The number of morpholine rings is 1. The van der Waals surface area contributed by atoms with Crippen LogP contribution in [0.3, 0.4) is 0 Å². The number of para-hydroxylation sites is 1. The van der Waals surface area contributed by atoms with Crippen LogP contribution in [0.15, 0.2) is 30.5 Å². The number of carbonyl (C=O) groups is 1. The quantitative estimate of drug-likeness (QED) is 0.572. The van der Waals surface area contributed by atoms with E-state index in [2.05, 4.69) is 20.3 Å². The van der Waals surface area contributed by atoms with E-state index in [4.69, 9.17) is 14.2 Å². The van der Waals surface area contributed by atoms with E-state index in [0.717, 1.165) is 6.07 Å². The number of carbonyl (C=O) groups excluding carboxylic acids is 1. The van der Waals surface area contributed by atoms with Crippen LogP contribution in [0.4, 0.5) is 24.7 Å². The van der Waals surface area contributed by atoms with Gasteiger partial charge >= 0.3 is 12.2 Å². The second-order valence-electron chi connectivity index (χ2n) is 7.80. The van der Waals surface area contributed by atoms with E-state index in [0.29, 0.717) is 41.3 Å². The van der Waals surface area contributed by atoms with Crippen molar-refractivity contribution < 1.29 is 32.2 Å². The minimum Gasteiger partial charge on any atom is -0.489 e. The number of hydrogen-bond donors (Lipinski definition) is 1. The molecule has 0 radical (unpaired) electrons. The van der Waals surface area contributed by atoms with Gasteiger partial charge < -0.3 is 24.4 Å². The van der Waals surface area contributed by atoms with E-state index in [1.807, 2.05) is 0 Å². The molecule has 0 unspecified atom stereocenters. The zero-order valence-electron chi connectivity index (χ0n) is 18.1. The Hall–Kier alpha value is -3.67. The molecular weight excluding hydrogens is 455 g/mol. The van der Waals surface area contributed by atoms with E-state index in [9.17, 15) is 18.0 Å². The summed E-state index contributed by atoms with van der Waals surface area (Å²) in [5, 5.41) is 3.64. The molecular formula is C22H20F3N5O4. The zero-order valence-corrected chi connectivity index (χ0v) is 18.1. The van der Waals surface area contributed by atoms with Crippen molar-refractivity contribution in [3.05, 3.63) is 41.6 Å². The lowest BCUT2D eigenvalue weighted by molar-refractivity contribution is -0.139. The van der Waals surface area contributed by atoms with Crippen molar-refractivity contribution >= 4 is 28.4 Å². The molecule has 1 atom stereocenters. The Bertz CT molecular complexity index is 1250. The van der Waals surface area contributed by atoms with Crippen LogP contribution < -0.4 is 19.7 Å². The van der Waals surface area contributed by atoms with E-state index >= 15 is 0 Å². The van der Waals surface area contributed by atoms with Gasteiger partial charge in [0.15, 0.2) is 5.65 Å². The van der Waals surface area contributed by atoms with E-state index < -0.39 is 17.8 Å². The molecule has 1 saturated heterocycles. The van der Waals surface area contributed by atoms with Gasteiger partial charge in [0.25, 0.3) is 5.91 Å². The largest absolute Gasteiger partial charge is 0.489 e. The third-order valence-electron chi connectivity index (χ3n) is 5.55. The van der Waals surface area contributed by atoms with E-state index in [1.54, 1.807) is 24.0 Å². The number of ether oxygens (including phenoxy) is 3. The first kappa shape index (κ1) is 22.1. The molecule has 2 bridgehead atoms. The minimum atomic E-state index is -4.58. The summed E-state index contributed by atoms with van der Waals surface area (Å²) in [7, 11) is 0. The highest BCUT2D eigenvalue weighted by Gasteiger charge is 2.36. The number of nitrogens with zero attached hydrogens (tertiary/aromatic N) is 4. The highest BCUT2D eigenvalue weighted by atomic mass is 19.4. The van der Waals surface area contributed by atoms with Gasteiger partial charge in [0.05, 0.1) is 35.5 Å². The molecule has 1 amide bonds. The maximum atomic E-state index is 13.6. The number of aromatic nitrogens is 3. The standard InChI is InChI=1S/C22H20F3N5O4/c1-12-14-3-2-4-16(22(23,24)25)18(14)33-7-8-34-21-28-19-15(20(27-12)29-21)9-13(10-26-19)30-5-6-32-11-17(30)31/h2-4,9-10,12H,5-8,11H2,1H3,(H,26,27,28,29)/t12-/m1/s1. The molecule has 2 aliphatic heterocycles. The maximum Gasteiger partial charge on any atom is 0.419 e. The number of amides is 1. The fourth-order valence-corrected chi connectivity index (χ4v) is 3.93. The fraction of sp³-hybridized carbons (Fsp3) is 0.364. The highest BCUT2D eigenvalue weighted by Crippen LogP contribution is 2.41. The highest BCUT2D eigenvalue weighted by molar-refractivity contribution is 5.98. The van der Waals surface area contributed by atoms with Crippen molar-refractivity contribution in [3.63, 3.8) is 0 Å². The molecule has 1 N–H and O–H groups in total. The normalized spacial score (nSPS) is 18.9. The third-order valence-corrected chi connectivity index (χ3v) is 5.55. The molecule has 4 heterocycles. The Labute approximate surface area is 191 Å². The van der Waals surface area contributed by atoms with Gasteiger partial charge in [-0.05, 0) is 19.1 Å². The van der Waals surface area contributed by atoms with Gasteiger partial charge in [-0.1, -0.05) is 12.1 Å². The van der Waals surface area contributed by atoms with E-state index in [-0.39, 0.29) is 37.5 Å². The average Bonchev–Trinajstić information content (AvgIpc) is 2.83. The van der Waals surface area contributed by atoms with Crippen molar-refractivity contribution in [1.29, 1.82) is 0 Å². The summed E-state index contributed by atoms with van der Waals surface area (Å²) in [6.45, 7) is 2.26. The first-order chi connectivity index (χ1) is 16.3. The molecule has 0 spiro atoms. The summed E-state index contributed by atoms with van der Waals surface area (Å²) >= 11 is 0. The Kier molecular flexibility index (Phi) is 5.60. The predicted octanol–water partition coefficient (Wildman–Crippen LogP) is 3.35. The van der Waals surface area contributed by atoms with Gasteiger partial charge in [-0.3, -0.25) is 4.79 Å². The number of rotatable bonds is 1. The molecule has 9 nitrogen and oxygen atoms in total. The molecule has 5 rings (SSSR count). The van der Waals surface area contributed by atoms with Crippen LogP contribution in [0.1, 0.15) is 24.1 Å². The predicted molar refractivity (Wildman–Crippen MR) is 115 cm³/mol. The molecule has 178 valence electrons. The molecule has 12 heteroatoms. The average molecular weight is 475 g/mol. The lowest BCUT2D eigenvalue weighted by Gasteiger charge is -2.27. The van der Waals surface area contributed by atoms with Crippen molar-refractivity contribution in [2.75, 3.05) is 43.2 Å². The fourth-order valence-electron chi connectivity index (χ4n) is 3.93. The van der Waals surface area contributed by atoms with Crippen LogP contribution in [0.5, 0.6) is 11.8 Å². The van der Waals surface area contributed by atoms with Crippen LogP contribution in [0, 0.1) is 0 Å². The lowest BCUT2D eigenvalue weighted by Crippen LogP contribution is -2.41. The number of benzene rings is 1. The summed E-state index contributed by atoms with van der Waals surface area (Å²) in [6.07, 6.45) is -3.05. The number of halogens is 3. The summed E-state index contributed by atoms with van der Waals surface area (Å²) < 4.78 is 57.2. The van der Waals surface area contributed by atoms with Gasteiger partial charge in [-0.2, -0.15) is 23.1 Å². The molecule has 3 aromatic rings. The molecule has 0 aliphatic carbocycles. The number of hydrogen-bond acceptors (Lipinski definition) is 8. The molecule has 1 aromatic carbocycles. The second-order valence-corrected chi connectivity index (χ2v) is 7.80. The number of anilines is 2. The van der Waals surface area contributed by atoms with Crippen molar-refractivity contribution in [3.8, 4) is 11.8 Å². The Morgan fingerprint density at radius 3 is 2.76 bits per heavy atom. The van der Waals surface area contributed by atoms with Crippen molar-refractivity contribution in [2.45, 2.75) is 19.1 Å². The third kappa shape index (κ3) is 4.16. The second kappa shape index (κ2) is 8.60. The maximum absolute atomic E-state index is 13.6. The topological polar surface area (TPSA) is 98.7 Å². The molecule has 1 fully saturated rings. The summed E-state index contributed by atoms with van der Waals surface area (Å²) in [5.74, 6) is -0.149.